The minimum Gasteiger partial charge on any atom is -0.395 e. The molecule has 96 valence electrons. The first-order valence-electron chi connectivity index (χ1n) is 5.77. The zero-order valence-electron chi connectivity index (χ0n) is 10.2. The van der Waals surface area contributed by atoms with Crippen LogP contribution in [0.3, 0.4) is 0 Å². The number of pyridine rings is 1. The standard InChI is InChI=1S/C12H21N3O2/c1-17-9-7-15(6-8-16)12(10-13)11-2-4-14-5-3-11/h2-5,12,16H,6-10,13H2,1H3. The third kappa shape index (κ3) is 4.40. The number of aliphatic hydroxyl groups is 1. The van der Waals surface area contributed by atoms with Crippen LogP contribution in [0.2, 0.25) is 0 Å². The third-order valence-electron chi connectivity index (χ3n) is 2.72. The van der Waals surface area contributed by atoms with E-state index in [0.29, 0.717) is 19.7 Å². The highest BCUT2D eigenvalue weighted by Gasteiger charge is 2.18. The van der Waals surface area contributed by atoms with Crippen LogP contribution in [0.5, 0.6) is 0 Å². The molecule has 1 aromatic rings. The summed E-state index contributed by atoms with van der Waals surface area (Å²) in [5, 5.41) is 9.09. The summed E-state index contributed by atoms with van der Waals surface area (Å²) in [5.41, 5.74) is 6.94. The molecule has 3 N–H and O–H groups in total. The van der Waals surface area contributed by atoms with Gasteiger partial charge in [-0.2, -0.15) is 0 Å². The van der Waals surface area contributed by atoms with Crippen molar-refractivity contribution in [2.24, 2.45) is 5.73 Å². The van der Waals surface area contributed by atoms with Gasteiger partial charge in [0.15, 0.2) is 0 Å². The molecule has 0 bridgehead atoms. The van der Waals surface area contributed by atoms with Crippen LogP contribution in [0.25, 0.3) is 0 Å². The zero-order valence-corrected chi connectivity index (χ0v) is 10.2. The van der Waals surface area contributed by atoms with Crippen molar-refractivity contribution in [3.8, 4) is 0 Å². The molecule has 0 amide bonds. The highest BCUT2D eigenvalue weighted by Crippen LogP contribution is 2.18. The molecule has 0 aliphatic heterocycles. The molecule has 1 aromatic heterocycles. The molecule has 1 atom stereocenters. The second-order valence-corrected chi connectivity index (χ2v) is 3.78. The van der Waals surface area contributed by atoms with Gasteiger partial charge in [-0.3, -0.25) is 9.88 Å². The van der Waals surface area contributed by atoms with Crippen LogP contribution in [-0.2, 0) is 4.74 Å². The predicted molar refractivity (Wildman–Crippen MR) is 66.6 cm³/mol. The molecular weight excluding hydrogens is 218 g/mol. The number of hydrogen-bond donors (Lipinski definition) is 2. The molecule has 0 spiro atoms. The molecule has 0 aliphatic carbocycles. The SMILES string of the molecule is COCCN(CCO)C(CN)c1ccncc1. The van der Waals surface area contributed by atoms with Gasteiger partial charge in [0, 0.05) is 45.2 Å². The Morgan fingerprint density at radius 3 is 2.65 bits per heavy atom. The van der Waals surface area contributed by atoms with E-state index in [-0.39, 0.29) is 12.6 Å². The number of methoxy groups -OCH3 is 1. The second-order valence-electron chi connectivity index (χ2n) is 3.78. The van der Waals surface area contributed by atoms with E-state index in [1.807, 2.05) is 12.1 Å². The van der Waals surface area contributed by atoms with Gasteiger partial charge < -0.3 is 15.6 Å². The Labute approximate surface area is 102 Å². The molecule has 1 rings (SSSR count). The van der Waals surface area contributed by atoms with Crippen molar-refractivity contribution < 1.29 is 9.84 Å². The molecule has 0 saturated heterocycles. The van der Waals surface area contributed by atoms with Gasteiger partial charge in [-0.15, -0.1) is 0 Å². The fraction of sp³-hybridized carbons (Fsp3) is 0.583. The van der Waals surface area contributed by atoms with Crippen molar-refractivity contribution >= 4 is 0 Å². The van der Waals surface area contributed by atoms with E-state index in [1.54, 1.807) is 19.5 Å². The highest BCUT2D eigenvalue weighted by molar-refractivity contribution is 5.15. The van der Waals surface area contributed by atoms with Crippen molar-refractivity contribution in [3.63, 3.8) is 0 Å². The summed E-state index contributed by atoms with van der Waals surface area (Å²) in [6.45, 7) is 2.59. The monoisotopic (exact) mass is 239 g/mol. The lowest BCUT2D eigenvalue weighted by Crippen LogP contribution is -2.38. The van der Waals surface area contributed by atoms with E-state index in [9.17, 15) is 0 Å². The van der Waals surface area contributed by atoms with Crippen LogP contribution in [0.4, 0.5) is 0 Å². The van der Waals surface area contributed by atoms with E-state index in [2.05, 4.69) is 9.88 Å². The van der Waals surface area contributed by atoms with Gasteiger partial charge in [0.2, 0.25) is 0 Å². The Kier molecular flexibility index (Phi) is 6.73. The van der Waals surface area contributed by atoms with Gasteiger partial charge in [0.1, 0.15) is 0 Å². The maximum absolute atomic E-state index is 9.09. The molecule has 1 heterocycles. The average molecular weight is 239 g/mol. The van der Waals surface area contributed by atoms with E-state index in [0.717, 1.165) is 12.1 Å². The van der Waals surface area contributed by atoms with E-state index in [1.165, 1.54) is 0 Å². The Morgan fingerprint density at radius 2 is 2.12 bits per heavy atom. The van der Waals surface area contributed by atoms with E-state index < -0.39 is 0 Å². The Hall–Kier alpha value is -1.01. The average Bonchev–Trinajstić information content (AvgIpc) is 2.38. The molecule has 0 aliphatic rings. The predicted octanol–water partition coefficient (Wildman–Crippen LogP) is 0.0221. The first-order chi connectivity index (χ1) is 8.33. The summed E-state index contributed by atoms with van der Waals surface area (Å²) >= 11 is 0. The summed E-state index contributed by atoms with van der Waals surface area (Å²) in [6, 6.07) is 4.00. The van der Waals surface area contributed by atoms with Crippen molar-refractivity contribution in [2.45, 2.75) is 6.04 Å². The summed E-state index contributed by atoms with van der Waals surface area (Å²) < 4.78 is 5.07. The molecule has 0 radical (unpaired) electrons. The van der Waals surface area contributed by atoms with Crippen LogP contribution in [-0.4, -0.2) is 54.9 Å². The highest BCUT2D eigenvalue weighted by atomic mass is 16.5. The van der Waals surface area contributed by atoms with Crippen LogP contribution in [0, 0.1) is 0 Å². The Bertz CT molecular complexity index is 295. The smallest absolute Gasteiger partial charge is 0.0589 e. The van der Waals surface area contributed by atoms with Gasteiger partial charge in [0.25, 0.3) is 0 Å². The Morgan fingerprint density at radius 1 is 1.41 bits per heavy atom. The maximum atomic E-state index is 9.09. The lowest BCUT2D eigenvalue weighted by atomic mass is 10.1. The Balaban J connectivity index is 2.73. The molecule has 17 heavy (non-hydrogen) atoms. The fourth-order valence-electron chi connectivity index (χ4n) is 1.84. The van der Waals surface area contributed by atoms with E-state index >= 15 is 0 Å². The quantitative estimate of drug-likeness (QED) is 0.669. The molecule has 5 heteroatoms. The molecular formula is C12H21N3O2. The van der Waals surface area contributed by atoms with E-state index in [4.69, 9.17) is 15.6 Å². The van der Waals surface area contributed by atoms with Gasteiger partial charge in [0.05, 0.1) is 13.2 Å². The number of hydrogen-bond acceptors (Lipinski definition) is 5. The van der Waals surface area contributed by atoms with Crippen molar-refractivity contribution in [2.75, 3.05) is 40.0 Å². The second kappa shape index (κ2) is 8.14. The molecule has 0 aromatic carbocycles. The molecule has 5 nitrogen and oxygen atoms in total. The number of ether oxygens (including phenoxy) is 1. The summed E-state index contributed by atoms with van der Waals surface area (Å²) in [5.74, 6) is 0. The van der Waals surface area contributed by atoms with Crippen LogP contribution >= 0.6 is 0 Å². The molecule has 0 saturated carbocycles. The number of nitrogens with zero attached hydrogens (tertiary/aromatic N) is 2. The van der Waals surface area contributed by atoms with Crippen LogP contribution in [0.15, 0.2) is 24.5 Å². The number of rotatable bonds is 8. The topological polar surface area (TPSA) is 71.6 Å². The van der Waals surface area contributed by atoms with Crippen LogP contribution < -0.4 is 5.73 Å². The first kappa shape index (κ1) is 14.1. The van der Waals surface area contributed by atoms with Crippen molar-refractivity contribution in [1.82, 2.24) is 9.88 Å². The van der Waals surface area contributed by atoms with Crippen LogP contribution in [0.1, 0.15) is 11.6 Å². The van der Waals surface area contributed by atoms with Gasteiger partial charge >= 0.3 is 0 Å². The summed E-state index contributed by atoms with van der Waals surface area (Å²) in [4.78, 5) is 6.12. The zero-order chi connectivity index (χ0) is 12.5. The number of nitrogens with two attached hydrogens (primary N) is 1. The summed E-state index contributed by atoms with van der Waals surface area (Å²) in [6.07, 6.45) is 3.51. The fourth-order valence-corrected chi connectivity index (χ4v) is 1.84. The van der Waals surface area contributed by atoms with Gasteiger partial charge in [-0.25, -0.2) is 0 Å². The van der Waals surface area contributed by atoms with Gasteiger partial charge in [-0.05, 0) is 17.7 Å². The third-order valence-corrected chi connectivity index (χ3v) is 2.72. The lowest BCUT2D eigenvalue weighted by Gasteiger charge is -2.30. The van der Waals surface area contributed by atoms with Crippen molar-refractivity contribution in [1.29, 1.82) is 0 Å². The first-order valence-corrected chi connectivity index (χ1v) is 5.77. The minimum absolute atomic E-state index is 0.0975. The van der Waals surface area contributed by atoms with Gasteiger partial charge in [-0.1, -0.05) is 0 Å². The maximum Gasteiger partial charge on any atom is 0.0589 e. The summed E-state index contributed by atoms with van der Waals surface area (Å²) in [7, 11) is 1.67. The largest absolute Gasteiger partial charge is 0.395 e. The number of aromatic nitrogens is 1. The minimum atomic E-state index is 0.0975. The molecule has 1 unspecified atom stereocenters. The lowest BCUT2D eigenvalue weighted by molar-refractivity contribution is 0.103. The molecule has 0 fully saturated rings. The number of aliphatic hydroxyl groups excluding tert-OH is 1. The van der Waals surface area contributed by atoms with Crippen molar-refractivity contribution in [3.05, 3.63) is 30.1 Å². The normalized spacial score (nSPS) is 12.9.